The fourth-order valence-corrected chi connectivity index (χ4v) is 3.61. The van der Waals surface area contributed by atoms with Crippen LogP contribution in [0, 0.1) is 17.7 Å². The molecule has 0 unspecified atom stereocenters. The molecular formula is C25H23FN4O2. The SMILES string of the molecule is Cn1nc(-c2ccc(F)cc2)cc1C(=O)NCC#Cc1ccc(N2CCCCC2=O)cc1. The molecule has 1 aromatic heterocycles. The standard InChI is InChI=1S/C25H23FN4O2/c1-29-23(17-22(28-29)19-9-11-20(26)12-10-19)25(32)27-15-4-5-18-7-13-21(14-8-18)30-16-3-2-6-24(30)31/h7-14,17H,2-3,6,15-16H2,1H3,(H,27,32). The molecule has 7 heteroatoms. The molecule has 2 aromatic carbocycles. The summed E-state index contributed by atoms with van der Waals surface area (Å²) in [6.07, 6.45) is 2.58. The zero-order valence-corrected chi connectivity index (χ0v) is 17.8. The monoisotopic (exact) mass is 430 g/mol. The number of carbonyl (C=O) groups excluding carboxylic acids is 2. The number of benzene rings is 2. The molecule has 0 saturated carbocycles. The van der Waals surface area contributed by atoms with Crippen LogP contribution in [0.4, 0.5) is 10.1 Å². The van der Waals surface area contributed by atoms with Crippen LogP contribution in [0.5, 0.6) is 0 Å². The van der Waals surface area contributed by atoms with Crippen LogP contribution in [0.2, 0.25) is 0 Å². The molecule has 3 aromatic rings. The lowest BCUT2D eigenvalue weighted by Crippen LogP contribution is -2.35. The van der Waals surface area contributed by atoms with Crippen LogP contribution in [0.25, 0.3) is 11.3 Å². The number of anilines is 1. The van der Waals surface area contributed by atoms with Crippen molar-refractivity contribution in [3.8, 4) is 23.1 Å². The van der Waals surface area contributed by atoms with E-state index in [0.29, 0.717) is 17.8 Å². The molecule has 1 aliphatic heterocycles. The Bertz CT molecular complexity index is 1190. The van der Waals surface area contributed by atoms with Crippen LogP contribution in [-0.4, -0.2) is 34.7 Å². The van der Waals surface area contributed by atoms with Crippen molar-refractivity contribution in [2.24, 2.45) is 7.05 Å². The summed E-state index contributed by atoms with van der Waals surface area (Å²) in [5.74, 6) is 5.51. The Morgan fingerprint density at radius 1 is 1.12 bits per heavy atom. The van der Waals surface area contributed by atoms with E-state index >= 15 is 0 Å². The van der Waals surface area contributed by atoms with E-state index in [1.165, 1.54) is 16.8 Å². The van der Waals surface area contributed by atoms with Gasteiger partial charge < -0.3 is 10.2 Å². The normalized spacial score (nSPS) is 13.4. The van der Waals surface area contributed by atoms with Crippen LogP contribution in [-0.2, 0) is 11.8 Å². The molecular weight excluding hydrogens is 407 g/mol. The summed E-state index contributed by atoms with van der Waals surface area (Å²) in [7, 11) is 1.68. The highest BCUT2D eigenvalue weighted by atomic mass is 19.1. The molecule has 0 atom stereocenters. The van der Waals surface area contributed by atoms with E-state index in [1.54, 1.807) is 25.2 Å². The summed E-state index contributed by atoms with van der Waals surface area (Å²) in [5, 5.41) is 7.10. The number of amides is 2. The number of aromatic nitrogens is 2. The predicted octanol–water partition coefficient (Wildman–Crippen LogP) is 3.52. The Balaban J connectivity index is 1.35. The van der Waals surface area contributed by atoms with Crippen molar-refractivity contribution in [2.45, 2.75) is 19.3 Å². The Morgan fingerprint density at radius 3 is 2.59 bits per heavy atom. The average molecular weight is 430 g/mol. The van der Waals surface area contributed by atoms with Crippen molar-refractivity contribution in [1.82, 2.24) is 15.1 Å². The van der Waals surface area contributed by atoms with E-state index in [1.807, 2.05) is 29.2 Å². The van der Waals surface area contributed by atoms with Gasteiger partial charge in [-0.15, -0.1) is 0 Å². The quantitative estimate of drug-likeness (QED) is 0.644. The third-order valence-corrected chi connectivity index (χ3v) is 5.32. The van der Waals surface area contributed by atoms with Gasteiger partial charge in [-0.2, -0.15) is 5.10 Å². The molecule has 1 aliphatic rings. The van der Waals surface area contributed by atoms with Crippen LogP contribution < -0.4 is 10.2 Å². The van der Waals surface area contributed by atoms with Crippen molar-refractivity contribution < 1.29 is 14.0 Å². The number of carbonyl (C=O) groups is 2. The van der Waals surface area contributed by atoms with Gasteiger partial charge in [0.05, 0.1) is 12.2 Å². The topological polar surface area (TPSA) is 67.2 Å². The lowest BCUT2D eigenvalue weighted by molar-refractivity contribution is -0.119. The summed E-state index contributed by atoms with van der Waals surface area (Å²) in [4.78, 5) is 26.3. The number of nitrogens with zero attached hydrogens (tertiary/aromatic N) is 3. The first kappa shape index (κ1) is 21.3. The van der Waals surface area contributed by atoms with Gasteiger partial charge in [-0.1, -0.05) is 11.8 Å². The van der Waals surface area contributed by atoms with Gasteiger partial charge in [0, 0.05) is 36.8 Å². The lowest BCUT2D eigenvalue weighted by Gasteiger charge is -2.26. The number of hydrogen-bond acceptors (Lipinski definition) is 3. The Morgan fingerprint density at radius 2 is 1.88 bits per heavy atom. The first-order valence-corrected chi connectivity index (χ1v) is 10.5. The van der Waals surface area contributed by atoms with Gasteiger partial charge in [-0.25, -0.2) is 4.39 Å². The molecule has 4 rings (SSSR count). The Hall–Kier alpha value is -3.92. The summed E-state index contributed by atoms with van der Waals surface area (Å²) in [6.45, 7) is 0.940. The van der Waals surface area contributed by atoms with Gasteiger partial charge in [0.1, 0.15) is 11.5 Å². The van der Waals surface area contributed by atoms with Crippen molar-refractivity contribution in [3.05, 3.63) is 71.7 Å². The number of halogens is 1. The third-order valence-electron chi connectivity index (χ3n) is 5.32. The summed E-state index contributed by atoms with van der Waals surface area (Å²) in [5.41, 5.74) is 3.42. The largest absolute Gasteiger partial charge is 0.340 e. The zero-order chi connectivity index (χ0) is 22.5. The van der Waals surface area contributed by atoms with E-state index in [2.05, 4.69) is 22.3 Å². The minimum atomic E-state index is -0.323. The van der Waals surface area contributed by atoms with Crippen LogP contribution in [0.3, 0.4) is 0 Å². The molecule has 0 spiro atoms. The van der Waals surface area contributed by atoms with Gasteiger partial charge >= 0.3 is 0 Å². The van der Waals surface area contributed by atoms with Crippen molar-refractivity contribution in [3.63, 3.8) is 0 Å². The molecule has 2 heterocycles. The fraction of sp³-hybridized carbons (Fsp3) is 0.240. The van der Waals surface area contributed by atoms with Crippen LogP contribution >= 0.6 is 0 Å². The predicted molar refractivity (Wildman–Crippen MR) is 120 cm³/mol. The van der Waals surface area contributed by atoms with Gasteiger partial charge in [0.2, 0.25) is 5.91 Å². The number of rotatable bonds is 4. The number of hydrogen-bond donors (Lipinski definition) is 1. The minimum Gasteiger partial charge on any atom is -0.340 e. The van der Waals surface area contributed by atoms with E-state index in [9.17, 15) is 14.0 Å². The molecule has 2 amide bonds. The summed E-state index contributed by atoms with van der Waals surface area (Å²) in [6, 6.07) is 15.2. The van der Waals surface area contributed by atoms with Crippen molar-refractivity contribution in [2.75, 3.05) is 18.0 Å². The molecule has 0 radical (unpaired) electrons. The smallest absolute Gasteiger partial charge is 0.270 e. The van der Waals surface area contributed by atoms with Crippen molar-refractivity contribution >= 4 is 17.5 Å². The molecule has 1 N–H and O–H groups in total. The number of aryl methyl sites for hydroxylation is 1. The second kappa shape index (κ2) is 9.48. The number of nitrogens with one attached hydrogen (secondary N) is 1. The average Bonchev–Trinajstić information content (AvgIpc) is 3.19. The molecule has 0 bridgehead atoms. The highest BCUT2D eigenvalue weighted by Crippen LogP contribution is 2.21. The molecule has 0 aliphatic carbocycles. The maximum absolute atomic E-state index is 13.1. The summed E-state index contributed by atoms with van der Waals surface area (Å²) < 4.78 is 14.6. The molecule has 1 saturated heterocycles. The zero-order valence-electron chi connectivity index (χ0n) is 17.8. The lowest BCUT2D eigenvalue weighted by atomic mass is 10.1. The minimum absolute atomic E-state index is 0.163. The number of piperidine rings is 1. The molecule has 6 nitrogen and oxygen atoms in total. The van der Waals surface area contributed by atoms with Gasteiger partial charge in [-0.05, 0) is 67.4 Å². The maximum Gasteiger partial charge on any atom is 0.270 e. The fourth-order valence-electron chi connectivity index (χ4n) is 3.61. The Labute approximate surface area is 186 Å². The van der Waals surface area contributed by atoms with E-state index in [-0.39, 0.29) is 24.2 Å². The van der Waals surface area contributed by atoms with Crippen LogP contribution in [0.15, 0.2) is 54.6 Å². The summed E-state index contributed by atoms with van der Waals surface area (Å²) >= 11 is 0. The third kappa shape index (κ3) is 4.86. The van der Waals surface area contributed by atoms with E-state index < -0.39 is 0 Å². The van der Waals surface area contributed by atoms with Crippen LogP contribution in [0.1, 0.15) is 35.3 Å². The van der Waals surface area contributed by atoms with E-state index in [4.69, 9.17) is 0 Å². The first-order chi connectivity index (χ1) is 15.5. The second-order valence-corrected chi connectivity index (χ2v) is 7.58. The maximum atomic E-state index is 13.1. The van der Waals surface area contributed by atoms with E-state index in [0.717, 1.165) is 36.2 Å². The first-order valence-electron chi connectivity index (χ1n) is 10.5. The molecule has 1 fully saturated rings. The molecule has 32 heavy (non-hydrogen) atoms. The van der Waals surface area contributed by atoms with Crippen molar-refractivity contribution in [1.29, 1.82) is 0 Å². The highest BCUT2D eigenvalue weighted by Gasteiger charge is 2.19. The van der Waals surface area contributed by atoms with Gasteiger partial charge in [0.15, 0.2) is 0 Å². The highest BCUT2D eigenvalue weighted by molar-refractivity contribution is 5.94. The van der Waals surface area contributed by atoms with Gasteiger partial charge in [0.25, 0.3) is 5.91 Å². The second-order valence-electron chi connectivity index (χ2n) is 7.58. The Kier molecular flexibility index (Phi) is 6.31. The van der Waals surface area contributed by atoms with Gasteiger partial charge in [-0.3, -0.25) is 14.3 Å². The molecule has 162 valence electrons.